The first-order valence-electron chi connectivity index (χ1n) is 3.50. The number of thiazole rings is 1. The molecule has 0 radical (unpaired) electrons. The van der Waals surface area contributed by atoms with Gasteiger partial charge in [-0.05, 0) is 0 Å². The summed E-state index contributed by atoms with van der Waals surface area (Å²) in [4.78, 5) is 3.99. The Balaban J connectivity index is 2.53. The second kappa shape index (κ2) is 4.83. The van der Waals surface area contributed by atoms with Crippen LogP contribution < -0.4 is 5.32 Å². The summed E-state index contributed by atoms with van der Waals surface area (Å²) >= 11 is 1.45. The van der Waals surface area contributed by atoms with E-state index in [0.29, 0.717) is 6.54 Å². The summed E-state index contributed by atoms with van der Waals surface area (Å²) in [5.41, 5.74) is 2.40. The first-order chi connectivity index (χ1) is 5.88. The predicted molar refractivity (Wildman–Crippen MR) is 45.6 cm³/mol. The van der Waals surface area contributed by atoms with Gasteiger partial charge in [-0.3, -0.25) is 5.32 Å². The minimum Gasteiger partial charge on any atom is -0.395 e. The number of aromatic nitrogens is 1. The molecule has 1 rings (SSSR count). The van der Waals surface area contributed by atoms with E-state index < -0.39 is 6.04 Å². The molecule has 2 N–H and O–H groups in total. The highest BCUT2D eigenvalue weighted by Gasteiger charge is 2.10. The molecule has 0 amide bonds. The molecule has 5 heteroatoms. The molecule has 1 atom stereocenters. The Morgan fingerprint density at radius 3 is 3.17 bits per heavy atom. The van der Waals surface area contributed by atoms with Crippen LogP contribution in [0.5, 0.6) is 0 Å². The molecular formula is C7H9N3OS. The standard InChI is InChI=1S/C7H9N3OS/c8-3-6(9-1-2-11)7-4-12-5-10-7/h4-6,9,11H,1-2H2. The van der Waals surface area contributed by atoms with Crippen molar-refractivity contribution in [3.8, 4) is 6.07 Å². The molecular weight excluding hydrogens is 174 g/mol. The molecule has 0 fully saturated rings. The monoisotopic (exact) mass is 183 g/mol. The zero-order valence-electron chi connectivity index (χ0n) is 6.40. The zero-order valence-corrected chi connectivity index (χ0v) is 7.21. The quantitative estimate of drug-likeness (QED) is 0.704. The van der Waals surface area contributed by atoms with E-state index in [4.69, 9.17) is 10.4 Å². The van der Waals surface area contributed by atoms with Crippen LogP contribution in [0.1, 0.15) is 11.7 Å². The molecule has 0 aliphatic heterocycles. The van der Waals surface area contributed by atoms with E-state index >= 15 is 0 Å². The summed E-state index contributed by atoms with van der Waals surface area (Å²) in [7, 11) is 0. The number of rotatable bonds is 4. The number of aliphatic hydroxyl groups excluding tert-OH is 1. The van der Waals surface area contributed by atoms with Gasteiger partial charge in [0, 0.05) is 11.9 Å². The molecule has 0 aliphatic carbocycles. The average Bonchev–Trinajstić information content (AvgIpc) is 2.59. The smallest absolute Gasteiger partial charge is 0.139 e. The highest BCUT2D eigenvalue weighted by Crippen LogP contribution is 2.10. The highest BCUT2D eigenvalue weighted by molar-refractivity contribution is 7.07. The zero-order chi connectivity index (χ0) is 8.81. The van der Waals surface area contributed by atoms with Crippen LogP contribution in [0.3, 0.4) is 0 Å². The van der Waals surface area contributed by atoms with Gasteiger partial charge >= 0.3 is 0 Å². The molecule has 4 nitrogen and oxygen atoms in total. The predicted octanol–water partition coefficient (Wildman–Crippen LogP) is 0.290. The van der Waals surface area contributed by atoms with Crippen LogP contribution in [0.25, 0.3) is 0 Å². The molecule has 1 aromatic heterocycles. The normalized spacial score (nSPS) is 12.3. The van der Waals surface area contributed by atoms with Crippen LogP contribution in [0.2, 0.25) is 0 Å². The summed E-state index contributed by atoms with van der Waals surface area (Å²) in [5.74, 6) is 0. The van der Waals surface area contributed by atoms with Gasteiger partial charge < -0.3 is 5.11 Å². The lowest BCUT2D eigenvalue weighted by atomic mass is 10.2. The number of aliphatic hydroxyl groups is 1. The maximum atomic E-state index is 8.69. The van der Waals surface area contributed by atoms with Gasteiger partial charge in [-0.25, -0.2) is 4.98 Å². The molecule has 0 spiro atoms. The van der Waals surface area contributed by atoms with Gasteiger partial charge in [0.15, 0.2) is 0 Å². The van der Waals surface area contributed by atoms with Crippen LogP contribution >= 0.6 is 11.3 Å². The SMILES string of the molecule is N#CC(NCCO)c1cscn1. The maximum absolute atomic E-state index is 8.69. The fraction of sp³-hybridized carbons (Fsp3) is 0.429. The Kier molecular flexibility index (Phi) is 3.67. The van der Waals surface area contributed by atoms with E-state index in [0.717, 1.165) is 5.69 Å². The number of hydrogen-bond donors (Lipinski definition) is 2. The lowest BCUT2D eigenvalue weighted by molar-refractivity contribution is 0.289. The fourth-order valence-corrected chi connectivity index (χ4v) is 1.37. The van der Waals surface area contributed by atoms with Crippen LogP contribution in [0, 0.1) is 11.3 Å². The van der Waals surface area contributed by atoms with E-state index in [2.05, 4.69) is 16.4 Å². The van der Waals surface area contributed by atoms with Gasteiger partial charge in [-0.15, -0.1) is 11.3 Å². The summed E-state index contributed by atoms with van der Waals surface area (Å²) in [6.45, 7) is 0.443. The van der Waals surface area contributed by atoms with Crippen LogP contribution in [0.15, 0.2) is 10.9 Å². The highest BCUT2D eigenvalue weighted by atomic mass is 32.1. The molecule has 64 valence electrons. The number of nitriles is 1. The van der Waals surface area contributed by atoms with E-state index in [1.807, 2.05) is 5.38 Å². The van der Waals surface area contributed by atoms with Gasteiger partial charge in [0.1, 0.15) is 6.04 Å². The van der Waals surface area contributed by atoms with Crippen molar-refractivity contribution in [1.29, 1.82) is 5.26 Å². The minimum atomic E-state index is -0.400. The fourth-order valence-electron chi connectivity index (χ4n) is 0.790. The number of nitrogens with one attached hydrogen (secondary N) is 1. The Bertz CT molecular complexity index is 254. The summed E-state index contributed by atoms with van der Waals surface area (Å²) < 4.78 is 0. The Morgan fingerprint density at radius 2 is 2.67 bits per heavy atom. The topological polar surface area (TPSA) is 68.9 Å². The summed E-state index contributed by atoms with van der Waals surface area (Å²) in [6.07, 6.45) is 0. The number of nitrogens with zero attached hydrogens (tertiary/aromatic N) is 2. The molecule has 1 unspecified atom stereocenters. The second-order valence-corrected chi connectivity index (χ2v) is 2.87. The first kappa shape index (κ1) is 9.13. The van der Waals surface area contributed by atoms with Crippen molar-refractivity contribution >= 4 is 11.3 Å². The van der Waals surface area contributed by atoms with Gasteiger partial charge in [-0.2, -0.15) is 5.26 Å². The third-order valence-electron chi connectivity index (χ3n) is 1.34. The molecule has 12 heavy (non-hydrogen) atoms. The molecule has 0 aromatic carbocycles. The number of hydrogen-bond acceptors (Lipinski definition) is 5. The minimum absolute atomic E-state index is 0.0301. The van der Waals surface area contributed by atoms with Gasteiger partial charge in [0.05, 0.1) is 23.9 Å². The van der Waals surface area contributed by atoms with Crippen molar-refractivity contribution in [2.45, 2.75) is 6.04 Å². The molecule has 1 heterocycles. The van der Waals surface area contributed by atoms with E-state index in [-0.39, 0.29) is 6.61 Å². The van der Waals surface area contributed by atoms with Gasteiger partial charge in [0.25, 0.3) is 0 Å². The Labute approximate surface area is 74.5 Å². The van der Waals surface area contributed by atoms with Gasteiger partial charge in [0.2, 0.25) is 0 Å². The summed E-state index contributed by atoms with van der Waals surface area (Å²) in [5, 5.41) is 21.9. The Hall–Kier alpha value is -0.960. The third kappa shape index (κ3) is 2.27. The van der Waals surface area contributed by atoms with Crippen molar-refractivity contribution in [3.63, 3.8) is 0 Å². The van der Waals surface area contributed by atoms with Crippen molar-refractivity contribution in [1.82, 2.24) is 10.3 Å². The van der Waals surface area contributed by atoms with Crippen molar-refractivity contribution in [2.24, 2.45) is 0 Å². The first-order valence-corrected chi connectivity index (χ1v) is 4.44. The average molecular weight is 183 g/mol. The van der Waals surface area contributed by atoms with Gasteiger partial charge in [-0.1, -0.05) is 0 Å². The van der Waals surface area contributed by atoms with E-state index in [1.165, 1.54) is 11.3 Å². The van der Waals surface area contributed by atoms with Crippen molar-refractivity contribution in [2.75, 3.05) is 13.2 Å². The second-order valence-electron chi connectivity index (χ2n) is 2.15. The Morgan fingerprint density at radius 1 is 1.83 bits per heavy atom. The third-order valence-corrected chi connectivity index (χ3v) is 1.94. The molecule has 1 aromatic rings. The lowest BCUT2D eigenvalue weighted by Crippen LogP contribution is -2.23. The molecule has 0 aliphatic rings. The summed E-state index contributed by atoms with van der Waals surface area (Å²) in [6, 6.07) is 1.66. The van der Waals surface area contributed by atoms with Crippen LogP contribution in [0.4, 0.5) is 0 Å². The van der Waals surface area contributed by atoms with Crippen molar-refractivity contribution < 1.29 is 5.11 Å². The molecule has 0 bridgehead atoms. The van der Waals surface area contributed by atoms with E-state index in [1.54, 1.807) is 5.51 Å². The van der Waals surface area contributed by atoms with Crippen LogP contribution in [-0.2, 0) is 0 Å². The van der Waals surface area contributed by atoms with Crippen LogP contribution in [-0.4, -0.2) is 23.2 Å². The molecule has 0 saturated heterocycles. The largest absolute Gasteiger partial charge is 0.395 e. The molecule has 0 saturated carbocycles. The van der Waals surface area contributed by atoms with Crippen molar-refractivity contribution in [3.05, 3.63) is 16.6 Å². The maximum Gasteiger partial charge on any atom is 0.139 e. The lowest BCUT2D eigenvalue weighted by Gasteiger charge is -2.06. The van der Waals surface area contributed by atoms with E-state index in [9.17, 15) is 0 Å².